The second-order valence-corrected chi connectivity index (χ2v) is 1.62. The quantitative estimate of drug-likeness (QED) is 0.525. The summed E-state index contributed by atoms with van der Waals surface area (Å²) in [6, 6.07) is 0. The highest BCUT2D eigenvalue weighted by Crippen LogP contribution is 1.73. The fourth-order valence-electron chi connectivity index (χ4n) is 0. The van der Waals surface area contributed by atoms with E-state index in [0.29, 0.717) is 0 Å². The van der Waals surface area contributed by atoms with Crippen molar-refractivity contribution >= 4 is 48.0 Å². The highest BCUT2D eigenvalue weighted by molar-refractivity contribution is 6.40. The molecule has 0 saturated heterocycles. The summed E-state index contributed by atoms with van der Waals surface area (Å²) in [4.78, 5) is 0. The Morgan fingerprint density at radius 1 is 1.00 bits per heavy atom. The molecule has 0 amide bonds. The van der Waals surface area contributed by atoms with E-state index < -0.39 is 0 Å². The first-order valence-corrected chi connectivity index (χ1v) is 3.02. The molecule has 0 aromatic rings. The normalized spacial score (nSPS) is 4.50. The third-order valence-corrected chi connectivity index (χ3v) is 0. The lowest BCUT2D eigenvalue weighted by molar-refractivity contribution is 1.09. The average Bonchev–Trinajstić information content (AvgIpc) is 1.39. The SMILES string of the molecule is CCC.Cl.Cl.ClCCl. The van der Waals surface area contributed by atoms with Gasteiger partial charge in [0, 0.05) is 0 Å². The molecule has 0 bridgehead atoms. The summed E-state index contributed by atoms with van der Waals surface area (Å²) in [5.41, 5.74) is 0. The van der Waals surface area contributed by atoms with Crippen molar-refractivity contribution in [2.45, 2.75) is 20.3 Å². The molecule has 0 aliphatic carbocycles. The minimum atomic E-state index is 0. The van der Waals surface area contributed by atoms with E-state index in [-0.39, 0.29) is 30.2 Å². The molecular formula is C4H12Cl4. The third kappa shape index (κ3) is 202. The van der Waals surface area contributed by atoms with Crippen LogP contribution in [0.2, 0.25) is 0 Å². The van der Waals surface area contributed by atoms with Crippen molar-refractivity contribution < 1.29 is 0 Å². The largest absolute Gasteiger partial charge is 0.147 e. The van der Waals surface area contributed by atoms with E-state index in [2.05, 4.69) is 13.8 Å². The van der Waals surface area contributed by atoms with Crippen LogP contribution in [0.25, 0.3) is 0 Å². The first-order chi connectivity index (χ1) is 2.83. The minimum absolute atomic E-state index is 0. The second-order valence-electron chi connectivity index (χ2n) is 0.808. The van der Waals surface area contributed by atoms with E-state index in [4.69, 9.17) is 23.2 Å². The Labute approximate surface area is 73.8 Å². The topological polar surface area (TPSA) is 0 Å². The van der Waals surface area contributed by atoms with Gasteiger partial charge in [-0.15, -0.1) is 48.0 Å². The van der Waals surface area contributed by atoms with Crippen molar-refractivity contribution in [2.75, 3.05) is 5.34 Å². The minimum Gasteiger partial charge on any atom is -0.147 e. The van der Waals surface area contributed by atoms with Gasteiger partial charge in [-0.3, -0.25) is 0 Å². The Morgan fingerprint density at radius 3 is 1.00 bits per heavy atom. The summed E-state index contributed by atoms with van der Waals surface area (Å²) in [5, 5.41) is 0.194. The van der Waals surface area contributed by atoms with Crippen molar-refractivity contribution in [1.29, 1.82) is 0 Å². The molecular weight excluding hydrogens is 190 g/mol. The molecule has 0 atom stereocenters. The predicted octanol–water partition coefficient (Wildman–Crippen LogP) is 3.68. The number of hydrogen-bond donors (Lipinski definition) is 0. The summed E-state index contributed by atoms with van der Waals surface area (Å²) in [7, 11) is 0. The van der Waals surface area contributed by atoms with E-state index in [1.807, 2.05) is 0 Å². The van der Waals surface area contributed by atoms with Crippen LogP contribution in [0.3, 0.4) is 0 Å². The van der Waals surface area contributed by atoms with E-state index >= 15 is 0 Å². The van der Waals surface area contributed by atoms with Crippen LogP contribution in [-0.4, -0.2) is 5.34 Å². The van der Waals surface area contributed by atoms with Gasteiger partial charge in [-0.05, 0) is 0 Å². The molecule has 0 unspecified atom stereocenters. The summed E-state index contributed by atoms with van der Waals surface area (Å²) < 4.78 is 0. The van der Waals surface area contributed by atoms with Crippen molar-refractivity contribution in [1.82, 2.24) is 0 Å². The number of hydrogen-bond acceptors (Lipinski definition) is 0. The van der Waals surface area contributed by atoms with Crippen LogP contribution in [0.15, 0.2) is 0 Å². The maximum atomic E-state index is 4.76. The van der Waals surface area contributed by atoms with Gasteiger partial charge in [0.2, 0.25) is 0 Å². The van der Waals surface area contributed by atoms with Crippen LogP contribution >= 0.6 is 48.0 Å². The Bertz CT molecular complexity index is 10.0. The molecule has 4 heteroatoms. The fourth-order valence-corrected chi connectivity index (χ4v) is 0. The average molecular weight is 202 g/mol. The smallest absolute Gasteiger partial charge is 0.0967 e. The second kappa shape index (κ2) is 41.9. The molecule has 0 saturated carbocycles. The van der Waals surface area contributed by atoms with Gasteiger partial charge in [0.05, 0.1) is 5.34 Å². The summed E-state index contributed by atoms with van der Waals surface area (Å²) >= 11 is 9.53. The molecule has 0 aliphatic rings. The molecule has 0 radical (unpaired) electrons. The maximum Gasteiger partial charge on any atom is 0.0967 e. The molecule has 0 nitrogen and oxygen atoms in total. The molecule has 0 aromatic heterocycles. The van der Waals surface area contributed by atoms with Crippen molar-refractivity contribution in [2.24, 2.45) is 0 Å². The summed E-state index contributed by atoms with van der Waals surface area (Å²) in [5.74, 6) is 0. The lowest BCUT2D eigenvalue weighted by Crippen LogP contribution is -1.27. The Kier molecular flexibility index (Phi) is 120. The van der Waals surface area contributed by atoms with Crippen LogP contribution in [0, 0.1) is 0 Å². The van der Waals surface area contributed by atoms with Crippen LogP contribution in [-0.2, 0) is 0 Å². The molecule has 56 valence electrons. The molecule has 0 spiro atoms. The Balaban J connectivity index is -0.0000000160. The van der Waals surface area contributed by atoms with Gasteiger partial charge in [0.15, 0.2) is 0 Å². The van der Waals surface area contributed by atoms with E-state index in [0.717, 1.165) is 0 Å². The first-order valence-electron chi connectivity index (χ1n) is 1.95. The first kappa shape index (κ1) is 22.9. The Morgan fingerprint density at radius 2 is 1.00 bits per heavy atom. The van der Waals surface area contributed by atoms with Gasteiger partial charge in [-0.25, -0.2) is 0 Å². The molecule has 8 heavy (non-hydrogen) atoms. The summed E-state index contributed by atoms with van der Waals surface area (Å²) in [6.07, 6.45) is 1.25. The standard InChI is InChI=1S/C3H8.CH2Cl2.2ClH/c1-3-2;2-1-3;;/h3H2,1-2H3;1H2;2*1H. The molecule has 0 heterocycles. The lowest BCUT2D eigenvalue weighted by Gasteiger charge is -1.48. The van der Waals surface area contributed by atoms with Gasteiger partial charge in [-0.1, -0.05) is 20.3 Å². The van der Waals surface area contributed by atoms with Crippen molar-refractivity contribution in [3.8, 4) is 0 Å². The zero-order valence-electron chi connectivity index (χ0n) is 4.99. The van der Waals surface area contributed by atoms with Crippen LogP contribution in [0.5, 0.6) is 0 Å². The van der Waals surface area contributed by atoms with Crippen LogP contribution < -0.4 is 0 Å². The molecule has 0 aromatic carbocycles. The van der Waals surface area contributed by atoms with Gasteiger partial charge < -0.3 is 0 Å². The highest BCUT2D eigenvalue weighted by Gasteiger charge is 1.41. The number of halogens is 4. The predicted molar refractivity (Wildman–Crippen MR) is 47.0 cm³/mol. The van der Waals surface area contributed by atoms with Crippen molar-refractivity contribution in [3.05, 3.63) is 0 Å². The summed E-state index contributed by atoms with van der Waals surface area (Å²) in [6.45, 7) is 4.25. The molecule has 0 aliphatic heterocycles. The molecule has 0 fully saturated rings. The maximum absolute atomic E-state index is 4.76. The highest BCUT2D eigenvalue weighted by atomic mass is 35.5. The zero-order valence-corrected chi connectivity index (χ0v) is 8.13. The van der Waals surface area contributed by atoms with Crippen molar-refractivity contribution in [3.63, 3.8) is 0 Å². The monoisotopic (exact) mass is 200 g/mol. The number of rotatable bonds is 0. The van der Waals surface area contributed by atoms with Gasteiger partial charge >= 0.3 is 0 Å². The zero-order chi connectivity index (χ0) is 5.41. The fraction of sp³-hybridized carbons (Fsp3) is 1.00. The van der Waals surface area contributed by atoms with E-state index in [1.165, 1.54) is 6.42 Å². The van der Waals surface area contributed by atoms with E-state index in [1.54, 1.807) is 0 Å². The van der Waals surface area contributed by atoms with Gasteiger partial charge in [0.25, 0.3) is 0 Å². The van der Waals surface area contributed by atoms with Gasteiger partial charge in [-0.2, -0.15) is 0 Å². The molecule has 0 N–H and O–H groups in total. The number of alkyl halides is 2. The van der Waals surface area contributed by atoms with Crippen LogP contribution in [0.1, 0.15) is 20.3 Å². The van der Waals surface area contributed by atoms with Gasteiger partial charge in [0.1, 0.15) is 0 Å². The van der Waals surface area contributed by atoms with Crippen LogP contribution in [0.4, 0.5) is 0 Å². The van der Waals surface area contributed by atoms with E-state index in [9.17, 15) is 0 Å². The molecule has 0 rings (SSSR count). The third-order valence-electron chi connectivity index (χ3n) is 0. The lowest BCUT2D eigenvalue weighted by atomic mass is 10.6. The Hall–Kier alpha value is 1.16.